The van der Waals surface area contributed by atoms with Crippen molar-refractivity contribution < 1.29 is 23.9 Å². The molecule has 0 aliphatic carbocycles. The normalized spacial score (nSPS) is 26.0. The van der Waals surface area contributed by atoms with Gasteiger partial charge in [-0.15, -0.1) is 0 Å². The van der Waals surface area contributed by atoms with E-state index in [1.165, 1.54) is 0 Å². The molecule has 0 aromatic rings. The number of esters is 1. The molecule has 27 heavy (non-hydrogen) atoms. The van der Waals surface area contributed by atoms with Crippen LogP contribution < -0.4 is 10.6 Å². The van der Waals surface area contributed by atoms with Crippen molar-refractivity contribution in [1.82, 2.24) is 15.5 Å². The van der Waals surface area contributed by atoms with Crippen molar-refractivity contribution in [3.8, 4) is 0 Å². The van der Waals surface area contributed by atoms with E-state index >= 15 is 0 Å². The van der Waals surface area contributed by atoms with E-state index in [-0.39, 0.29) is 17.9 Å². The summed E-state index contributed by atoms with van der Waals surface area (Å²) in [4.78, 5) is 39.4. The largest absolute Gasteiger partial charge is 0.464 e. The minimum atomic E-state index is -0.772. The van der Waals surface area contributed by atoms with E-state index in [1.807, 2.05) is 6.92 Å². The molecule has 3 atom stereocenters. The molecular formula is C19H33N3O5. The molecule has 2 fully saturated rings. The van der Waals surface area contributed by atoms with Crippen LogP contribution in [0.1, 0.15) is 59.8 Å². The molecule has 2 aliphatic rings. The monoisotopic (exact) mass is 383 g/mol. The fourth-order valence-corrected chi connectivity index (χ4v) is 3.49. The highest BCUT2D eigenvalue weighted by Crippen LogP contribution is 2.29. The second-order valence-electron chi connectivity index (χ2n) is 8.21. The van der Waals surface area contributed by atoms with Crippen molar-refractivity contribution in [2.75, 3.05) is 19.7 Å². The average Bonchev–Trinajstić information content (AvgIpc) is 2.97. The third kappa shape index (κ3) is 6.09. The minimum absolute atomic E-state index is 0.0167. The summed E-state index contributed by atoms with van der Waals surface area (Å²) >= 11 is 0. The van der Waals surface area contributed by atoms with Crippen molar-refractivity contribution >= 4 is 18.0 Å². The smallest absolute Gasteiger partial charge is 0.408 e. The summed E-state index contributed by atoms with van der Waals surface area (Å²) in [5.41, 5.74) is -0.649. The Morgan fingerprint density at radius 1 is 1.26 bits per heavy atom. The van der Waals surface area contributed by atoms with Crippen LogP contribution in [-0.2, 0) is 19.1 Å². The SMILES string of the molecule is CCCCOC(=O)[C@@H]1CC[C@@H]2CCNC[C@H](NC(=O)OC(C)(C)C)C(=O)N21. The summed E-state index contributed by atoms with van der Waals surface area (Å²) in [6, 6.07) is -1.36. The lowest BCUT2D eigenvalue weighted by molar-refractivity contribution is -0.155. The number of ether oxygens (including phenoxy) is 2. The molecule has 0 unspecified atom stereocenters. The summed E-state index contributed by atoms with van der Waals surface area (Å²) in [6.45, 7) is 8.73. The molecule has 2 rings (SSSR count). The first-order valence-corrected chi connectivity index (χ1v) is 9.92. The third-order valence-corrected chi connectivity index (χ3v) is 4.76. The summed E-state index contributed by atoms with van der Waals surface area (Å²) < 4.78 is 10.6. The van der Waals surface area contributed by atoms with Crippen molar-refractivity contribution in [3.63, 3.8) is 0 Å². The number of hydrogen-bond donors (Lipinski definition) is 2. The molecule has 0 aromatic heterocycles. The van der Waals surface area contributed by atoms with E-state index in [0.717, 1.165) is 32.2 Å². The second kappa shape index (κ2) is 9.39. The lowest BCUT2D eigenvalue weighted by Crippen LogP contribution is -2.59. The molecule has 2 heterocycles. The van der Waals surface area contributed by atoms with Crippen molar-refractivity contribution in [2.45, 2.75) is 83.5 Å². The van der Waals surface area contributed by atoms with Crippen LogP contribution in [0.3, 0.4) is 0 Å². The quantitative estimate of drug-likeness (QED) is 0.553. The molecular weight excluding hydrogens is 350 g/mol. The molecule has 0 saturated carbocycles. The van der Waals surface area contributed by atoms with Gasteiger partial charge in [0.1, 0.15) is 17.7 Å². The standard InChI is InChI=1S/C19H33N3O5/c1-5-6-11-26-17(24)15-8-7-13-9-10-20-12-14(16(23)22(13)15)21-18(25)27-19(2,3)4/h13-15,20H,5-12H2,1-4H3,(H,21,25)/t13-,14+,15+/m1/s1. The number of fused-ring (bicyclic) bond motifs is 1. The van der Waals surface area contributed by atoms with Crippen LogP contribution in [0.15, 0.2) is 0 Å². The molecule has 0 aromatic carbocycles. The highest BCUT2D eigenvalue weighted by molar-refractivity contribution is 5.90. The number of carbonyl (C=O) groups excluding carboxylic acids is 3. The van der Waals surface area contributed by atoms with Crippen molar-refractivity contribution in [2.24, 2.45) is 0 Å². The van der Waals surface area contributed by atoms with Gasteiger partial charge >= 0.3 is 12.1 Å². The molecule has 0 bridgehead atoms. The van der Waals surface area contributed by atoms with Crippen molar-refractivity contribution in [1.29, 1.82) is 0 Å². The van der Waals surface area contributed by atoms with Gasteiger partial charge in [-0.3, -0.25) is 4.79 Å². The van der Waals surface area contributed by atoms with Gasteiger partial charge in [-0.2, -0.15) is 0 Å². The Labute approximate surface area is 161 Å². The van der Waals surface area contributed by atoms with Gasteiger partial charge in [0.25, 0.3) is 0 Å². The predicted molar refractivity (Wildman–Crippen MR) is 100 cm³/mol. The fraction of sp³-hybridized carbons (Fsp3) is 0.842. The topological polar surface area (TPSA) is 97.0 Å². The molecule has 8 heteroatoms. The van der Waals surface area contributed by atoms with Crippen LogP contribution in [0.25, 0.3) is 0 Å². The molecule has 2 aliphatic heterocycles. The molecule has 154 valence electrons. The molecule has 2 amide bonds. The first-order valence-electron chi connectivity index (χ1n) is 9.92. The Bertz CT molecular complexity index is 546. The van der Waals surface area contributed by atoms with Crippen LogP contribution in [-0.4, -0.2) is 66.3 Å². The molecule has 8 nitrogen and oxygen atoms in total. The van der Waals surface area contributed by atoms with Crippen LogP contribution in [0, 0.1) is 0 Å². The van der Waals surface area contributed by atoms with Crippen LogP contribution in [0.4, 0.5) is 4.79 Å². The number of nitrogens with one attached hydrogen (secondary N) is 2. The number of amides is 2. The molecule has 0 radical (unpaired) electrons. The molecule has 0 spiro atoms. The zero-order valence-corrected chi connectivity index (χ0v) is 16.9. The van der Waals surface area contributed by atoms with Gasteiger partial charge in [-0.1, -0.05) is 13.3 Å². The van der Waals surface area contributed by atoms with Crippen LogP contribution in [0.5, 0.6) is 0 Å². The summed E-state index contributed by atoms with van der Waals surface area (Å²) in [5.74, 6) is -0.600. The maximum absolute atomic E-state index is 13.1. The zero-order valence-electron chi connectivity index (χ0n) is 16.9. The highest BCUT2D eigenvalue weighted by atomic mass is 16.6. The number of carbonyl (C=O) groups is 3. The summed E-state index contributed by atoms with van der Waals surface area (Å²) in [5, 5.41) is 5.85. The Kier molecular flexibility index (Phi) is 7.47. The maximum Gasteiger partial charge on any atom is 0.408 e. The lowest BCUT2D eigenvalue weighted by Gasteiger charge is -2.35. The predicted octanol–water partition coefficient (Wildman–Crippen LogP) is 1.58. The van der Waals surface area contributed by atoms with Gasteiger partial charge < -0.3 is 25.0 Å². The van der Waals surface area contributed by atoms with Crippen LogP contribution in [0.2, 0.25) is 0 Å². The Balaban J connectivity index is 2.07. The van der Waals surface area contributed by atoms with Crippen molar-refractivity contribution in [3.05, 3.63) is 0 Å². The highest BCUT2D eigenvalue weighted by Gasteiger charge is 2.44. The average molecular weight is 383 g/mol. The van der Waals surface area contributed by atoms with Gasteiger partial charge in [0.15, 0.2) is 0 Å². The Morgan fingerprint density at radius 3 is 2.67 bits per heavy atom. The summed E-state index contributed by atoms with van der Waals surface area (Å²) in [6.07, 6.45) is 3.25. The first kappa shape index (κ1) is 21.5. The summed E-state index contributed by atoms with van der Waals surface area (Å²) in [7, 11) is 0. The van der Waals surface area contributed by atoms with E-state index in [2.05, 4.69) is 10.6 Å². The Morgan fingerprint density at radius 2 is 2.00 bits per heavy atom. The van der Waals surface area contributed by atoms with Gasteiger partial charge in [0, 0.05) is 12.6 Å². The number of alkyl carbamates (subject to hydrolysis) is 1. The van der Waals surface area contributed by atoms with Gasteiger partial charge in [0.2, 0.25) is 5.91 Å². The Hall–Kier alpha value is -1.83. The number of nitrogens with zero attached hydrogens (tertiary/aromatic N) is 1. The van der Waals surface area contributed by atoms with E-state index < -0.39 is 23.8 Å². The lowest BCUT2D eigenvalue weighted by atomic mass is 10.1. The zero-order chi connectivity index (χ0) is 20.0. The van der Waals surface area contributed by atoms with Crippen LogP contribution >= 0.6 is 0 Å². The minimum Gasteiger partial charge on any atom is -0.464 e. The van der Waals surface area contributed by atoms with E-state index in [4.69, 9.17) is 9.47 Å². The molecule has 2 N–H and O–H groups in total. The number of unbranched alkanes of at least 4 members (excludes halogenated alkanes) is 1. The van der Waals surface area contributed by atoms with Gasteiger partial charge in [-0.25, -0.2) is 9.59 Å². The van der Waals surface area contributed by atoms with Gasteiger partial charge in [0.05, 0.1) is 6.61 Å². The van der Waals surface area contributed by atoms with E-state index in [9.17, 15) is 14.4 Å². The van der Waals surface area contributed by atoms with Gasteiger partial charge in [-0.05, 0) is 53.0 Å². The molecule has 2 saturated heterocycles. The maximum atomic E-state index is 13.1. The number of hydrogen-bond acceptors (Lipinski definition) is 6. The number of rotatable bonds is 5. The fourth-order valence-electron chi connectivity index (χ4n) is 3.49. The first-order chi connectivity index (χ1) is 12.7. The van der Waals surface area contributed by atoms with E-state index in [1.54, 1.807) is 25.7 Å². The van der Waals surface area contributed by atoms with E-state index in [0.29, 0.717) is 19.6 Å². The second-order valence-corrected chi connectivity index (χ2v) is 8.21. The third-order valence-electron chi connectivity index (χ3n) is 4.76.